The van der Waals surface area contributed by atoms with Crippen molar-refractivity contribution in [2.45, 2.75) is 19.9 Å². The number of imide groups is 1. The number of Topliss-reactive ketones (excluding diaryl/α,β-unsaturated/α-hetero) is 1. The lowest BCUT2D eigenvalue weighted by atomic mass is 9.95. The number of carbonyl (C=O) groups excluding carboxylic acids is 3. The van der Waals surface area contributed by atoms with E-state index in [1.54, 1.807) is 24.3 Å². The lowest BCUT2D eigenvalue weighted by Crippen LogP contribution is -2.39. The fourth-order valence-corrected chi connectivity index (χ4v) is 3.67. The Labute approximate surface area is 162 Å². The van der Waals surface area contributed by atoms with Crippen LogP contribution in [0.15, 0.2) is 53.6 Å². The highest BCUT2D eigenvalue weighted by Crippen LogP contribution is 2.40. The maximum Gasteiger partial charge on any atom is 0.260 e. The number of rotatable bonds is 4. The van der Waals surface area contributed by atoms with Gasteiger partial charge in [0.2, 0.25) is 5.91 Å². The number of anilines is 2. The van der Waals surface area contributed by atoms with Gasteiger partial charge in [-0.25, -0.2) is 4.90 Å². The van der Waals surface area contributed by atoms with E-state index in [0.29, 0.717) is 17.1 Å². The fourth-order valence-electron chi connectivity index (χ4n) is 3.67. The van der Waals surface area contributed by atoms with Gasteiger partial charge in [-0.1, -0.05) is 29.8 Å². The zero-order valence-electron chi connectivity index (χ0n) is 15.7. The Morgan fingerprint density at radius 3 is 2.36 bits per heavy atom. The molecule has 28 heavy (non-hydrogen) atoms. The van der Waals surface area contributed by atoms with Gasteiger partial charge < -0.3 is 4.74 Å². The molecule has 0 bridgehead atoms. The molecule has 0 spiro atoms. The summed E-state index contributed by atoms with van der Waals surface area (Å²) in [4.78, 5) is 39.8. The van der Waals surface area contributed by atoms with Gasteiger partial charge in [-0.05, 0) is 31.2 Å². The van der Waals surface area contributed by atoms with Crippen molar-refractivity contribution in [1.82, 2.24) is 0 Å². The molecule has 2 heterocycles. The van der Waals surface area contributed by atoms with Crippen LogP contribution in [0.5, 0.6) is 5.75 Å². The van der Waals surface area contributed by atoms with Crippen LogP contribution in [-0.4, -0.2) is 36.5 Å². The SMILES string of the molecule is COc1ccccc1N1C(=O)[C@@H]2C(C(C)=O)=NN(c3ccc(C)cc3)[C@@H]2C1=O. The highest BCUT2D eigenvalue weighted by Gasteiger charge is 2.58. The number of benzene rings is 2. The van der Waals surface area contributed by atoms with Gasteiger partial charge in [0.15, 0.2) is 5.78 Å². The average molecular weight is 377 g/mol. The third-order valence-electron chi connectivity index (χ3n) is 5.03. The molecule has 1 fully saturated rings. The van der Waals surface area contributed by atoms with Crippen molar-refractivity contribution in [1.29, 1.82) is 0 Å². The number of aryl methyl sites for hydroxylation is 1. The van der Waals surface area contributed by atoms with Gasteiger partial charge in [0.05, 0.1) is 18.5 Å². The van der Waals surface area contributed by atoms with E-state index in [1.807, 2.05) is 31.2 Å². The van der Waals surface area contributed by atoms with Crippen molar-refractivity contribution in [2.24, 2.45) is 11.0 Å². The number of methoxy groups -OCH3 is 1. The predicted molar refractivity (Wildman–Crippen MR) is 105 cm³/mol. The van der Waals surface area contributed by atoms with Crippen molar-refractivity contribution in [3.8, 4) is 5.75 Å². The Morgan fingerprint density at radius 1 is 1.04 bits per heavy atom. The second kappa shape index (κ2) is 6.60. The van der Waals surface area contributed by atoms with Crippen molar-refractivity contribution in [2.75, 3.05) is 17.0 Å². The van der Waals surface area contributed by atoms with E-state index in [-0.39, 0.29) is 11.5 Å². The minimum absolute atomic E-state index is 0.0984. The Kier molecular flexibility index (Phi) is 4.22. The zero-order chi connectivity index (χ0) is 20.0. The molecule has 7 nitrogen and oxygen atoms in total. The summed E-state index contributed by atoms with van der Waals surface area (Å²) in [5.41, 5.74) is 2.17. The van der Waals surface area contributed by atoms with Gasteiger partial charge >= 0.3 is 0 Å². The van der Waals surface area contributed by atoms with Gasteiger partial charge in [-0.2, -0.15) is 5.10 Å². The Morgan fingerprint density at radius 2 is 1.71 bits per heavy atom. The number of hydrazone groups is 1. The molecule has 1 saturated heterocycles. The van der Waals surface area contributed by atoms with E-state index in [2.05, 4.69) is 5.10 Å². The monoisotopic (exact) mass is 377 g/mol. The molecule has 2 aliphatic rings. The van der Waals surface area contributed by atoms with Crippen LogP contribution < -0.4 is 14.6 Å². The fraction of sp³-hybridized carbons (Fsp3) is 0.238. The average Bonchev–Trinajstić information content (AvgIpc) is 3.20. The molecule has 2 atom stereocenters. The summed E-state index contributed by atoms with van der Waals surface area (Å²) < 4.78 is 5.32. The van der Waals surface area contributed by atoms with E-state index >= 15 is 0 Å². The normalized spacial score (nSPS) is 21.0. The first-order chi connectivity index (χ1) is 13.4. The van der Waals surface area contributed by atoms with Gasteiger partial charge in [0.1, 0.15) is 23.4 Å². The summed E-state index contributed by atoms with van der Waals surface area (Å²) in [5.74, 6) is -1.75. The highest BCUT2D eigenvalue weighted by atomic mass is 16.5. The maximum atomic E-state index is 13.3. The number of ketones is 1. The lowest BCUT2D eigenvalue weighted by Gasteiger charge is -2.23. The van der Waals surface area contributed by atoms with Crippen LogP contribution in [0.3, 0.4) is 0 Å². The first-order valence-electron chi connectivity index (χ1n) is 8.90. The third-order valence-corrected chi connectivity index (χ3v) is 5.03. The van der Waals surface area contributed by atoms with Crippen molar-refractivity contribution in [3.63, 3.8) is 0 Å². The number of nitrogens with zero attached hydrogens (tertiary/aromatic N) is 3. The van der Waals surface area contributed by atoms with E-state index in [9.17, 15) is 14.4 Å². The molecular formula is C21H19N3O4. The molecule has 0 N–H and O–H groups in total. The highest BCUT2D eigenvalue weighted by molar-refractivity contribution is 6.49. The quantitative estimate of drug-likeness (QED) is 0.764. The summed E-state index contributed by atoms with van der Waals surface area (Å²) in [6, 6.07) is 13.4. The summed E-state index contributed by atoms with van der Waals surface area (Å²) >= 11 is 0. The molecule has 2 amide bonds. The number of hydrogen-bond acceptors (Lipinski definition) is 6. The number of ether oxygens (including phenoxy) is 1. The predicted octanol–water partition coefficient (Wildman–Crippen LogP) is 2.33. The summed E-state index contributed by atoms with van der Waals surface area (Å²) in [6.07, 6.45) is 0. The lowest BCUT2D eigenvalue weighted by molar-refractivity contribution is -0.122. The Balaban J connectivity index is 1.82. The van der Waals surface area contributed by atoms with Crippen molar-refractivity contribution >= 4 is 34.7 Å². The largest absolute Gasteiger partial charge is 0.495 e. The minimum Gasteiger partial charge on any atom is -0.495 e. The van der Waals surface area contributed by atoms with Crippen LogP contribution in [0.1, 0.15) is 12.5 Å². The molecule has 2 aromatic carbocycles. The smallest absolute Gasteiger partial charge is 0.260 e. The second-order valence-corrected chi connectivity index (χ2v) is 6.83. The van der Waals surface area contributed by atoms with Gasteiger partial charge in [0, 0.05) is 6.92 Å². The zero-order valence-corrected chi connectivity index (χ0v) is 15.7. The second-order valence-electron chi connectivity index (χ2n) is 6.83. The van der Waals surface area contributed by atoms with E-state index in [1.165, 1.54) is 19.0 Å². The first-order valence-corrected chi connectivity index (χ1v) is 8.90. The molecule has 0 saturated carbocycles. The molecule has 0 aliphatic carbocycles. The molecule has 2 aromatic rings. The molecule has 2 aliphatic heterocycles. The molecular weight excluding hydrogens is 358 g/mol. The minimum atomic E-state index is -0.934. The van der Waals surface area contributed by atoms with Crippen LogP contribution in [0.2, 0.25) is 0 Å². The van der Waals surface area contributed by atoms with E-state index < -0.39 is 23.8 Å². The summed E-state index contributed by atoms with van der Waals surface area (Å²) in [6.45, 7) is 3.31. The molecule has 7 heteroatoms. The van der Waals surface area contributed by atoms with Crippen LogP contribution in [0, 0.1) is 12.8 Å². The van der Waals surface area contributed by atoms with Crippen molar-refractivity contribution in [3.05, 3.63) is 54.1 Å². The van der Waals surface area contributed by atoms with E-state index in [4.69, 9.17) is 4.74 Å². The topological polar surface area (TPSA) is 79.3 Å². The molecule has 142 valence electrons. The van der Waals surface area contributed by atoms with Crippen LogP contribution in [0.4, 0.5) is 11.4 Å². The van der Waals surface area contributed by atoms with Crippen LogP contribution >= 0.6 is 0 Å². The third kappa shape index (κ3) is 2.58. The van der Waals surface area contributed by atoms with Crippen molar-refractivity contribution < 1.29 is 19.1 Å². The molecule has 0 radical (unpaired) electrons. The number of hydrogen-bond donors (Lipinski definition) is 0. The van der Waals surface area contributed by atoms with E-state index in [0.717, 1.165) is 10.5 Å². The summed E-state index contributed by atoms with van der Waals surface area (Å²) in [5, 5.41) is 5.83. The molecule has 0 unspecified atom stereocenters. The standard InChI is InChI=1S/C21H19N3O4/c1-12-8-10-14(11-9-12)24-19-17(18(22-24)13(2)25)20(26)23(21(19)27)15-6-4-5-7-16(15)28-3/h4-11,17,19H,1-3H3/t17-,19+/m1/s1. The molecule has 4 rings (SSSR count). The number of fused-ring (bicyclic) bond motifs is 1. The maximum absolute atomic E-state index is 13.3. The number of amides is 2. The van der Waals surface area contributed by atoms with Crippen LogP contribution in [-0.2, 0) is 14.4 Å². The number of para-hydroxylation sites is 2. The van der Waals surface area contributed by atoms with Gasteiger partial charge in [0.25, 0.3) is 5.91 Å². The number of carbonyl (C=O) groups is 3. The first kappa shape index (κ1) is 17.9. The van der Waals surface area contributed by atoms with Crippen LogP contribution in [0.25, 0.3) is 0 Å². The van der Waals surface area contributed by atoms with Gasteiger partial charge in [-0.3, -0.25) is 19.4 Å². The Hall–Kier alpha value is -3.48. The molecule has 0 aromatic heterocycles. The Bertz CT molecular complexity index is 1010. The van der Waals surface area contributed by atoms with Gasteiger partial charge in [-0.15, -0.1) is 0 Å². The summed E-state index contributed by atoms with van der Waals surface area (Å²) in [7, 11) is 1.48.